The van der Waals surface area contributed by atoms with Crippen LogP contribution in [-0.2, 0) is 16.1 Å². The van der Waals surface area contributed by atoms with E-state index in [9.17, 15) is 14.0 Å². The highest BCUT2D eigenvalue weighted by molar-refractivity contribution is 8.15. The van der Waals surface area contributed by atoms with Crippen molar-refractivity contribution < 1.29 is 28.2 Å². The van der Waals surface area contributed by atoms with Crippen LogP contribution in [0.3, 0.4) is 0 Å². The molecule has 0 radical (unpaired) electrons. The second-order valence-corrected chi connectivity index (χ2v) is 9.24. The van der Waals surface area contributed by atoms with E-state index in [1.54, 1.807) is 62.6 Å². The van der Waals surface area contributed by atoms with Gasteiger partial charge in [0.2, 0.25) is 11.8 Å². The number of rotatable bonds is 8. The lowest BCUT2D eigenvalue weighted by atomic mass is 10.1. The number of benzene rings is 3. The molecule has 1 aliphatic rings. The number of ether oxygens (including phenoxy) is 3. The molecule has 1 saturated heterocycles. The maximum Gasteiger partial charge on any atom is 0.238 e. The second-order valence-electron chi connectivity index (χ2n) is 8.07. The number of amides is 2. The van der Waals surface area contributed by atoms with Gasteiger partial charge in [0.25, 0.3) is 0 Å². The van der Waals surface area contributed by atoms with Gasteiger partial charge < -0.3 is 19.5 Å². The molecular formula is C27H26FN3O5S. The van der Waals surface area contributed by atoms with E-state index in [4.69, 9.17) is 19.2 Å². The van der Waals surface area contributed by atoms with Crippen molar-refractivity contribution >= 4 is 40.1 Å². The zero-order chi connectivity index (χ0) is 26.4. The van der Waals surface area contributed by atoms with Crippen LogP contribution in [-0.4, -0.2) is 48.5 Å². The number of hydrogen-bond donors (Lipinski definition) is 1. The van der Waals surface area contributed by atoms with E-state index in [-0.39, 0.29) is 24.8 Å². The van der Waals surface area contributed by atoms with Gasteiger partial charge in [-0.25, -0.2) is 9.38 Å². The standard InChI is InChI=1S/C27H26FN3O5S/c1-34-21-11-9-20(10-12-21)30-27-31(16-17-4-13-22(35-2)23(14-17)36-3)25(32)15-24(37-27)26(33)29-19-7-5-18(28)6-8-19/h4-14,24H,15-16H2,1-3H3,(H,29,33)/t24-/m1/s1. The van der Waals surface area contributed by atoms with Crippen LogP contribution in [0, 0.1) is 5.82 Å². The topological polar surface area (TPSA) is 89.5 Å². The SMILES string of the molecule is COc1ccc(N=C2S[C@@H](C(=O)Nc3ccc(F)cc3)CC(=O)N2Cc2ccc(OC)c(OC)c2)cc1. The van der Waals surface area contributed by atoms with Crippen LogP contribution in [0.1, 0.15) is 12.0 Å². The van der Waals surface area contributed by atoms with E-state index in [1.165, 1.54) is 36.0 Å². The fourth-order valence-electron chi connectivity index (χ4n) is 3.68. The molecule has 1 aliphatic heterocycles. The van der Waals surface area contributed by atoms with Crippen molar-refractivity contribution in [3.05, 3.63) is 78.1 Å². The summed E-state index contributed by atoms with van der Waals surface area (Å²) in [5.74, 6) is 0.783. The third-order valence-electron chi connectivity index (χ3n) is 5.63. The molecule has 10 heteroatoms. The largest absolute Gasteiger partial charge is 0.497 e. The normalized spacial score (nSPS) is 16.4. The predicted octanol–water partition coefficient (Wildman–Crippen LogP) is 5.01. The van der Waals surface area contributed by atoms with Crippen LogP contribution in [0.25, 0.3) is 0 Å². The molecule has 0 saturated carbocycles. The minimum absolute atomic E-state index is 0.0212. The quantitative estimate of drug-likeness (QED) is 0.446. The van der Waals surface area contributed by atoms with Crippen LogP contribution >= 0.6 is 11.8 Å². The Morgan fingerprint density at radius 2 is 1.70 bits per heavy atom. The summed E-state index contributed by atoms with van der Waals surface area (Å²) in [6.45, 7) is 0.230. The number of carbonyl (C=O) groups is 2. The van der Waals surface area contributed by atoms with Gasteiger partial charge in [-0.2, -0.15) is 0 Å². The van der Waals surface area contributed by atoms with Crippen LogP contribution in [0.4, 0.5) is 15.8 Å². The number of thioether (sulfide) groups is 1. The van der Waals surface area contributed by atoms with E-state index < -0.39 is 11.1 Å². The van der Waals surface area contributed by atoms with Gasteiger partial charge in [0, 0.05) is 12.1 Å². The number of nitrogens with one attached hydrogen (secondary N) is 1. The van der Waals surface area contributed by atoms with Gasteiger partial charge in [0.05, 0.1) is 33.6 Å². The summed E-state index contributed by atoms with van der Waals surface area (Å²) in [5.41, 5.74) is 1.86. The number of carbonyl (C=O) groups excluding carboxylic acids is 2. The molecule has 1 heterocycles. The zero-order valence-corrected chi connectivity index (χ0v) is 21.4. The second kappa shape index (κ2) is 11.8. The predicted molar refractivity (Wildman–Crippen MR) is 141 cm³/mol. The highest BCUT2D eigenvalue weighted by atomic mass is 32.2. The third-order valence-corrected chi connectivity index (χ3v) is 6.82. The monoisotopic (exact) mass is 523 g/mol. The minimum Gasteiger partial charge on any atom is -0.497 e. The fourth-order valence-corrected chi connectivity index (χ4v) is 4.78. The molecule has 0 unspecified atom stereocenters. The molecule has 3 aromatic rings. The first kappa shape index (κ1) is 26.0. The Labute approximate surface area is 218 Å². The molecule has 8 nitrogen and oxygen atoms in total. The van der Waals surface area contributed by atoms with Crippen molar-refractivity contribution in [2.75, 3.05) is 26.6 Å². The van der Waals surface area contributed by atoms with Crippen molar-refractivity contribution in [2.45, 2.75) is 18.2 Å². The van der Waals surface area contributed by atoms with Gasteiger partial charge in [0.15, 0.2) is 16.7 Å². The van der Waals surface area contributed by atoms with Gasteiger partial charge >= 0.3 is 0 Å². The molecule has 0 aromatic heterocycles. The first-order valence-electron chi connectivity index (χ1n) is 11.4. The number of amidine groups is 1. The molecule has 1 fully saturated rings. The molecule has 37 heavy (non-hydrogen) atoms. The molecule has 0 aliphatic carbocycles. The van der Waals surface area contributed by atoms with E-state index in [2.05, 4.69) is 5.32 Å². The Morgan fingerprint density at radius 1 is 1.00 bits per heavy atom. The summed E-state index contributed by atoms with van der Waals surface area (Å²) < 4.78 is 29.2. The van der Waals surface area contributed by atoms with Crippen LogP contribution in [0.5, 0.6) is 17.2 Å². The lowest BCUT2D eigenvalue weighted by molar-refractivity contribution is -0.129. The van der Waals surface area contributed by atoms with Crippen LogP contribution in [0.15, 0.2) is 71.7 Å². The van der Waals surface area contributed by atoms with E-state index in [0.29, 0.717) is 33.8 Å². The third kappa shape index (κ3) is 6.39. The number of hydrogen-bond acceptors (Lipinski definition) is 7. The number of nitrogens with zero attached hydrogens (tertiary/aromatic N) is 2. The Morgan fingerprint density at radius 3 is 2.35 bits per heavy atom. The first-order valence-corrected chi connectivity index (χ1v) is 12.2. The average molecular weight is 524 g/mol. The van der Waals surface area contributed by atoms with E-state index in [1.807, 2.05) is 6.07 Å². The Kier molecular flexibility index (Phi) is 8.29. The summed E-state index contributed by atoms with van der Waals surface area (Å²) in [7, 11) is 4.68. The van der Waals surface area contributed by atoms with Gasteiger partial charge in [0.1, 0.15) is 16.8 Å². The summed E-state index contributed by atoms with van der Waals surface area (Å²) in [5, 5.41) is 2.42. The zero-order valence-electron chi connectivity index (χ0n) is 20.6. The molecule has 0 bridgehead atoms. The average Bonchev–Trinajstić information content (AvgIpc) is 2.92. The van der Waals surface area contributed by atoms with Crippen molar-refractivity contribution in [3.8, 4) is 17.2 Å². The Bertz CT molecular complexity index is 1300. The minimum atomic E-state index is -0.712. The lowest BCUT2D eigenvalue weighted by Crippen LogP contribution is -2.44. The van der Waals surface area contributed by atoms with Crippen molar-refractivity contribution in [2.24, 2.45) is 4.99 Å². The maximum atomic E-state index is 13.3. The maximum absolute atomic E-state index is 13.3. The lowest BCUT2D eigenvalue weighted by Gasteiger charge is -2.32. The van der Waals surface area contributed by atoms with Gasteiger partial charge in [-0.05, 0) is 66.2 Å². The number of methoxy groups -OCH3 is 3. The Balaban J connectivity index is 1.61. The highest BCUT2D eigenvalue weighted by Crippen LogP contribution is 2.33. The molecule has 1 N–H and O–H groups in total. The van der Waals surface area contributed by atoms with Crippen molar-refractivity contribution in [1.29, 1.82) is 0 Å². The molecule has 3 aromatic carbocycles. The molecular weight excluding hydrogens is 497 g/mol. The summed E-state index contributed by atoms with van der Waals surface area (Å²) in [6.07, 6.45) is -0.0212. The number of anilines is 1. The molecule has 4 rings (SSSR count). The molecule has 2 amide bonds. The molecule has 192 valence electrons. The van der Waals surface area contributed by atoms with Crippen molar-refractivity contribution in [3.63, 3.8) is 0 Å². The fraction of sp³-hybridized carbons (Fsp3) is 0.222. The van der Waals surface area contributed by atoms with Crippen molar-refractivity contribution in [1.82, 2.24) is 4.90 Å². The number of aliphatic imine (C=N–C) groups is 1. The van der Waals surface area contributed by atoms with Gasteiger partial charge in [-0.1, -0.05) is 17.8 Å². The number of halogens is 1. The van der Waals surface area contributed by atoms with Gasteiger partial charge in [-0.15, -0.1) is 0 Å². The smallest absolute Gasteiger partial charge is 0.238 e. The first-order chi connectivity index (χ1) is 17.9. The van der Waals surface area contributed by atoms with Crippen LogP contribution < -0.4 is 19.5 Å². The molecule has 0 spiro atoms. The van der Waals surface area contributed by atoms with Gasteiger partial charge in [-0.3, -0.25) is 14.5 Å². The summed E-state index contributed by atoms with van der Waals surface area (Å²) in [4.78, 5) is 32.6. The summed E-state index contributed by atoms with van der Waals surface area (Å²) in [6, 6.07) is 18.0. The Hall–Kier alpha value is -4.05. The van der Waals surface area contributed by atoms with Crippen LogP contribution in [0.2, 0.25) is 0 Å². The van der Waals surface area contributed by atoms with E-state index in [0.717, 1.165) is 5.56 Å². The van der Waals surface area contributed by atoms with E-state index >= 15 is 0 Å². The molecule has 1 atom stereocenters. The summed E-state index contributed by atoms with van der Waals surface area (Å²) >= 11 is 1.20. The highest BCUT2D eigenvalue weighted by Gasteiger charge is 2.36.